The Bertz CT molecular complexity index is 2620. The molecule has 3 aromatic heterocycles. The third kappa shape index (κ3) is 10.6. The molecule has 1 saturated heterocycles. The second-order valence-corrected chi connectivity index (χ2v) is 21.1. The summed E-state index contributed by atoms with van der Waals surface area (Å²) in [5.41, 5.74) is 6.62. The van der Waals surface area contributed by atoms with Gasteiger partial charge in [0.2, 0.25) is 11.8 Å². The molecule has 16 heteroatoms. The number of aromatic nitrogens is 4. The molecule has 1 aliphatic carbocycles. The highest BCUT2D eigenvalue weighted by Crippen LogP contribution is 2.55. The number of anilines is 1. The van der Waals surface area contributed by atoms with Crippen LogP contribution in [0.15, 0.2) is 72.5 Å². The van der Waals surface area contributed by atoms with Crippen LogP contribution in [0.3, 0.4) is 0 Å². The van der Waals surface area contributed by atoms with Crippen LogP contribution in [0.2, 0.25) is 5.02 Å². The van der Waals surface area contributed by atoms with E-state index >= 15 is 0 Å². The summed E-state index contributed by atoms with van der Waals surface area (Å²) in [5, 5.41) is 30.0. The van der Waals surface area contributed by atoms with Crippen molar-refractivity contribution in [3.63, 3.8) is 0 Å². The fraction of sp³-hybridized carbons (Fsp3) is 0.481. The molecule has 4 heterocycles. The van der Waals surface area contributed by atoms with E-state index in [2.05, 4.69) is 59.7 Å². The predicted molar refractivity (Wildman–Crippen MR) is 265 cm³/mol. The van der Waals surface area contributed by atoms with E-state index in [4.69, 9.17) is 21.3 Å². The number of thiazole rings is 1. The lowest BCUT2D eigenvalue weighted by atomic mass is 9.49. The van der Waals surface area contributed by atoms with Crippen LogP contribution in [0.5, 0.6) is 5.75 Å². The number of β-amino-alcohol motifs (C(OH)–C–C–N with tert-alkyl or cyclic N) is 1. The van der Waals surface area contributed by atoms with Gasteiger partial charge in [-0.3, -0.25) is 14.4 Å². The first-order valence-electron chi connectivity index (χ1n) is 23.5. The van der Waals surface area contributed by atoms with Gasteiger partial charge < -0.3 is 35.3 Å². The molecule has 4 atom stereocenters. The van der Waals surface area contributed by atoms with Crippen molar-refractivity contribution in [2.45, 2.75) is 124 Å². The average molecular weight is 963 g/mol. The summed E-state index contributed by atoms with van der Waals surface area (Å²) >= 11 is 7.84. The van der Waals surface area contributed by atoms with Crippen LogP contribution < -0.4 is 20.7 Å². The number of likely N-dealkylation sites (tertiary alicyclic amines) is 1. The molecule has 14 nitrogen and oxygen atoms in total. The van der Waals surface area contributed by atoms with Crippen LogP contribution in [0.1, 0.15) is 125 Å². The highest BCUT2D eigenvalue weighted by atomic mass is 35.5. The number of aliphatic hydroxyl groups is 1. The molecule has 0 radical (unpaired) electrons. The number of aryl methyl sites for hydroxylation is 2. The number of ether oxygens (including phenoxy) is 1. The lowest BCUT2D eigenvalue weighted by Gasteiger charge is -2.63. The second-order valence-electron chi connectivity index (χ2n) is 19.9. The number of nitrogens with one attached hydrogen (secondary N) is 3. The predicted octanol–water partition coefficient (Wildman–Crippen LogP) is 8.79. The summed E-state index contributed by atoms with van der Waals surface area (Å²) in [7, 11) is 1.94. The highest BCUT2D eigenvalue weighted by molar-refractivity contribution is 7.13. The first kappa shape index (κ1) is 50.1. The third-order valence-corrected chi connectivity index (χ3v) is 15.1. The Morgan fingerprint density at radius 1 is 0.985 bits per heavy atom. The SMILES string of the molecule is Cc1ncsc1-c1ccc([C@H](C)NC(=O)[C@@H]2C[C@@H](O)CN2C(=O)C(c2ncc(CCCCCNc3ccc(C(=O)NC4C(C)(C)C(Oc5ccc(C#N)c(Cl)c5)C4(C)C)nc3)n2C)C(C)C)cc1. The summed E-state index contributed by atoms with van der Waals surface area (Å²) in [6, 6.07) is 17.5. The number of pyridine rings is 1. The molecule has 1 aliphatic heterocycles. The molecule has 4 N–H and O–H groups in total. The van der Waals surface area contributed by atoms with E-state index in [-0.39, 0.29) is 54.8 Å². The fourth-order valence-electron chi connectivity index (χ4n) is 10.3. The largest absolute Gasteiger partial charge is 0.489 e. The molecule has 3 amide bonds. The normalized spacial score (nSPS) is 20.2. The minimum atomic E-state index is -0.800. The molecule has 7 rings (SSSR count). The van der Waals surface area contributed by atoms with E-state index in [9.17, 15) is 24.8 Å². The molecule has 360 valence electrons. The zero-order valence-corrected chi connectivity index (χ0v) is 42.0. The number of rotatable bonds is 18. The molecule has 68 heavy (non-hydrogen) atoms. The van der Waals surface area contributed by atoms with Gasteiger partial charge in [0.05, 0.1) is 56.6 Å². The van der Waals surface area contributed by atoms with Crippen molar-refractivity contribution in [1.82, 2.24) is 35.1 Å². The Hall–Kier alpha value is -5.82. The van der Waals surface area contributed by atoms with Crippen molar-refractivity contribution in [2.24, 2.45) is 23.8 Å². The fourth-order valence-corrected chi connectivity index (χ4v) is 11.4. The van der Waals surface area contributed by atoms with Crippen molar-refractivity contribution in [1.29, 1.82) is 5.26 Å². The lowest BCUT2D eigenvalue weighted by Crippen LogP contribution is -2.74. The quantitative estimate of drug-likeness (QED) is 0.0619. The maximum atomic E-state index is 14.4. The molecule has 1 saturated carbocycles. The number of nitriles is 1. The van der Waals surface area contributed by atoms with Crippen LogP contribution in [0.4, 0.5) is 5.69 Å². The van der Waals surface area contributed by atoms with Gasteiger partial charge in [0.1, 0.15) is 35.5 Å². The molecule has 0 bridgehead atoms. The number of benzene rings is 2. The summed E-state index contributed by atoms with van der Waals surface area (Å²) in [6.07, 6.45) is 6.28. The standard InChI is InChI=1S/C52H64ClN9O5S/c1-30(2)43(48(66)62-28-38(63)23-42(62)47(65)59-31(3)33-14-16-34(17-15-33)44-32(4)58-29-68-44)45-57-27-37(61(45)9)13-11-10-12-22-55-36-19-21-41(56-26-36)46(64)60-49-51(5,6)50(52(49,7)8)67-39-20-18-35(25-54)40(53)24-39/h14-21,24,26-27,29-31,38,42-43,49-50,55,63H,10-13,22-23,28H2,1-9H3,(H,59,65)(H,60,64)/t31-,38+,42-,43?,49?,50?/m0/s1. The number of amides is 3. The number of unbranched alkanes of at least 4 members (excludes halogenated alkanes) is 2. The van der Waals surface area contributed by atoms with Crippen molar-refractivity contribution in [3.05, 3.63) is 112 Å². The summed E-state index contributed by atoms with van der Waals surface area (Å²) in [4.78, 5) is 57.8. The topological polar surface area (TPSA) is 187 Å². The van der Waals surface area contributed by atoms with Crippen molar-refractivity contribution < 1.29 is 24.2 Å². The van der Waals surface area contributed by atoms with E-state index in [0.717, 1.165) is 65.3 Å². The number of halogens is 1. The van der Waals surface area contributed by atoms with E-state index in [0.29, 0.717) is 27.9 Å². The van der Waals surface area contributed by atoms with E-state index in [1.807, 2.05) is 81.3 Å². The molecular formula is C52H64ClN9O5S. The van der Waals surface area contributed by atoms with Crippen molar-refractivity contribution in [2.75, 3.05) is 18.4 Å². The van der Waals surface area contributed by atoms with Gasteiger partial charge in [-0.15, -0.1) is 11.3 Å². The van der Waals surface area contributed by atoms with Gasteiger partial charge in [-0.1, -0.05) is 83.8 Å². The maximum absolute atomic E-state index is 14.4. The Morgan fingerprint density at radius 2 is 1.72 bits per heavy atom. The van der Waals surface area contributed by atoms with Crippen molar-refractivity contribution >= 4 is 46.3 Å². The summed E-state index contributed by atoms with van der Waals surface area (Å²) < 4.78 is 8.37. The third-order valence-electron chi connectivity index (χ3n) is 13.8. The number of carbonyl (C=O) groups is 3. The van der Waals surface area contributed by atoms with E-state index in [1.54, 1.807) is 46.7 Å². The maximum Gasteiger partial charge on any atom is 0.270 e. The summed E-state index contributed by atoms with van der Waals surface area (Å²) in [6.45, 7) is 17.0. The molecule has 2 aromatic carbocycles. The molecule has 0 spiro atoms. The van der Waals surface area contributed by atoms with Gasteiger partial charge in [0.25, 0.3) is 5.91 Å². The second kappa shape index (κ2) is 20.8. The van der Waals surface area contributed by atoms with E-state index in [1.165, 1.54) is 0 Å². The number of nitrogens with zero attached hydrogens (tertiary/aromatic N) is 6. The zero-order valence-electron chi connectivity index (χ0n) is 40.5. The minimum absolute atomic E-state index is 0.0901. The van der Waals surface area contributed by atoms with Crippen LogP contribution >= 0.6 is 22.9 Å². The van der Waals surface area contributed by atoms with Gasteiger partial charge in [-0.2, -0.15) is 5.26 Å². The number of aliphatic hydroxyl groups excluding tert-OH is 1. The minimum Gasteiger partial charge on any atom is -0.489 e. The van der Waals surface area contributed by atoms with Gasteiger partial charge in [0, 0.05) is 61.4 Å². The van der Waals surface area contributed by atoms with Gasteiger partial charge in [-0.05, 0) is 74.4 Å². The Balaban J connectivity index is 0.861. The van der Waals surface area contributed by atoms with Crippen molar-refractivity contribution in [3.8, 4) is 22.3 Å². The number of carbonyl (C=O) groups excluding carboxylic acids is 3. The number of imidazole rings is 1. The number of hydrogen-bond donors (Lipinski definition) is 4. The summed E-state index contributed by atoms with van der Waals surface area (Å²) in [5.74, 6) is -0.200. The number of hydrogen-bond acceptors (Lipinski definition) is 11. The molecule has 2 aliphatic rings. The van der Waals surface area contributed by atoms with Crippen LogP contribution in [0.25, 0.3) is 10.4 Å². The van der Waals surface area contributed by atoms with E-state index < -0.39 is 28.9 Å². The molecular weight excluding hydrogens is 898 g/mol. The van der Waals surface area contributed by atoms with Gasteiger partial charge in [-0.25, -0.2) is 15.0 Å². The smallest absolute Gasteiger partial charge is 0.270 e. The van der Waals surface area contributed by atoms with Crippen LogP contribution in [0, 0.1) is 35.0 Å². The van der Waals surface area contributed by atoms with Gasteiger partial charge >= 0.3 is 0 Å². The highest BCUT2D eigenvalue weighted by Gasteiger charge is 2.64. The van der Waals surface area contributed by atoms with Crippen LogP contribution in [-0.4, -0.2) is 84.6 Å². The molecule has 5 aromatic rings. The molecule has 2 fully saturated rings. The Labute approximate surface area is 408 Å². The Kier molecular flexibility index (Phi) is 15.3. The first-order chi connectivity index (χ1) is 32.3. The monoisotopic (exact) mass is 961 g/mol. The van der Waals surface area contributed by atoms with Crippen LogP contribution in [-0.2, 0) is 23.1 Å². The molecule has 1 unspecified atom stereocenters. The first-order valence-corrected chi connectivity index (χ1v) is 24.7. The zero-order chi connectivity index (χ0) is 49.1. The van der Waals surface area contributed by atoms with Gasteiger partial charge in [0.15, 0.2) is 0 Å². The Morgan fingerprint density at radius 3 is 2.35 bits per heavy atom. The lowest BCUT2D eigenvalue weighted by molar-refractivity contribution is -0.164. The average Bonchev–Trinajstić information content (AvgIpc) is 4.03.